The molecule has 0 spiro atoms. The van der Waals surface area contributed by atoms with E-state index in [0.717, 1.165) is 22.9 Å². The molecule has 0 amide bonds. The van der Waals surface area contributed by atoms with E-state index >= 15 is 0 Å². The minimum Gasteiger partial charge on any atom is -0.461 e. The van der Waals surface area contributed by atoms with Crippen LogP contribution in [-0.2, 0) is 14.3 Å². The number of morpholine rings is 1. The number of nitrogens with zero attached hydrogens (tertiary/aromatic N) is 1. The number of fused-ring (bicyclic) bond motifs is 5. The van der Waals surface area contributed by atoms with Crippen LogP contribution in [0.15, 0.2) is 30.3 Å². The van der Waals surface area contributed by atoms with Gasteiger partial charge in [0, 0.05) is 12.8 Å². The third kappa shape index (κ3) is 4.84. The molecule has 31 heavy (non-hydrogen) atoms. The fraction of sp³-hybridized carbons (Fsp3) is 0.731. The van der Waals surface area contributed by atoms with Gasteiger partial charge in [-0.3, -0.25) is 4.79 Å². The third-order valence-corrected chi connectivity index (χ3v) is 8.04. The molecule has 3 saturated heterocycles. The molecular weight excluding hydrogens is 390 g/mol. The first-order valence-electron chi connectivity index (χ1n) is 12.4. The first kappa shape index (κ1) is 22.8. The van der Waals surface area contributed by atoms with Crippen LogP contribution in [0.25, 0.3) is 0 Å². The lowest BCUT2D eigenvalue weighted by atomic mass is 9.94. The summed E-state index contributed by atoms with van der Waals surface area (Å²) in [5.74, 6) is -0.893. The molecule has 3 unspecified atom stereocenters. The fourth-order valence-electron chi connectivity index (χ4n) is 6.14. The molecule has 0 aliphatic carbocycles. The number of carbonyl (C=O) groups is 1. The Kier molecular flexibility index (Phi) is 7.35. The van der Waals surface area contributed by atoms with E-state index in [2.05, 4.69) is 14.0 Å². The molecule has 5 heteroatoms. The van der Waals surface area contributed by atoms with Gasteiger partial charge in [0.15, 0.2) is 0 Å². The average Bonchev–Trinajstić information content (AvgIpc) is 3.53. The number of hydrogen-bond acceptors (Lipinski definition) is 4. The van der Waals surface area contributed by atoms with Gasteiger partial charge in [-0.25, -0.2) is 0 Å². The molecule has 172 valence electrons. The van der Waals surface area contributed by atoms with Crippen molar-refractivity contribution in [3.05, 3.63) is 35.9 Å². The smallest absolute Gasteiger partial charge is 0.316 e. The van der Waals surface area contributed by atoms with Gasteiger partial charge in [-0.05, 0) is 18.4 Å². The summed E-state index contributed by atoms with van der Waals surface area (Å²) in [5.41, 5.74) is 0.819. The number of rotatable bonds is 12. The van der Waals surface area contributed by atoms with Crippen molar-refractivity contribution in [2.24, 2.45) is 0 Å². The normalized spacial score (nSPS) is 34.2. The van der Waals surface area contributed by atoms with Crippen molar-refractivity contribution in [1.82, 2.24) is 0 Å². The Balaban J connectivity index is 1.29. The Bertz CT molecular complexity index is 705. The number of unbranched alkanes of at least 4 members (excludes halogenated alkanes) is 6. The van der Waals surface area contributed by atoms with Crippen molar-refractivity contribution in [2.75, 3.05) is 20.2 Å². The van der Waals surface area contributed by atoms with Gasteiger partial charge in [0.05, 0.1) is 20.2 Å². The molecular formula is C26H40NO4+. The van der Waals surface area contributed by atoms with Crippen LogP contribution in [0.5, 0.6) is 0 Å². The molecule has 3 fully saturated rings. The van der Waals surface area contributed by atoms with Crippen LogP contribution in [0, 0.1) is 0 Å². The van der Waals surface area contributed by atoms with Crippen LogP contribution >= 0.6 is 0 Å². The van der Waals surface area contributed by atoms with Gasteiger partial charge in [0.1, 0.15) is 36.3 Å². The Labute approximate surface area is 187 Å². The van der Waals surface area contributed by atoms with E-state index in [-0.39, 0.29) is 18.7 Å². The summed E-state index contributed by atoms with van der Waals surface area (Å²) in [7, 11) is 2.40. The highest BCUT2D eigenvalue weighted by Gasteiger charge is 2.71. The summed E-state index contributed by atoms with van der Waals surface area (Å²) in [4.78, 5) is 12.8. The molecule has 1 aromatic carbocycles. The van der Waals surface area contributed by atoms with Crippen LogP contribution < -0.4 is 0 Å². The van der Waals surface area contributed by atoms with Gasteiger partial charge in [0.2, 0.25) is 0 Å². The van der Waals surface area contributed by atoms with Gasteiger partial charge in [0.25, 0.3) is 0 Å². The van der Waals surface area contributed by atoms with E-state index in [1.54, 1.807) is 0 Å². The number of piperidine rings is 1. The van der Waals surface area contributed by atoms with Gasteiger partial charge in [-0.15, -0.1) is 0 Å². The second-order valence-corrected chi connectivity index (χ2v) is 10.1. The van der Waals surface area contributed by atoms with Gasteiger partial charge in [-0.1, -0.05) is 69.4 Å². The summed E-state index contributed by atoms with van der Waals surface area (Å²) < 4.78 is 13.0. The molecule has 3 heterocycles. The predicted molar refractivity (Wildman–Crippen MR) is 121 cm³/mol. The van der Waals surface area contributed by atoms with Crippen LogP contribution in [0.2, 0.25) is 0 Å². The number of ether oxygens (including phenoxy) is 2. The zero-order valence-corrected chi connectivity index (χ0v) is 19.2. The van der Waals surface area contributed by atoms with E-state index in [1.807, 2.05) is 30.3 Å². The first-order valence-corrected chi connectivity index (χ1v) is 12.4. The number of likely N-dealkylation sites (N-methyl/N-ethyl adjacent to an activating group) is 1. The molecule has 1 aromatic rings. The summed E-state index contributed by atoms with van der Waals surface area (Å²) in [6, 6.07) is 10.3. The Morgan fingerprint density at radius 2 is 1.68 bits per heavy atom. The second kappa shape index (κ2) is 10.0. The number of hydrogen-bond donors (Lipinski definition) is 1. The summed E-state index contributed by atoms with van der Waals surface area (Å²) in [5, 5.41) is 9.79. The fourth-order valence-corrected chi connectivity index (χ4v) is 6.14. The van der Waals surface area contributed by atoms with Crippen LogP contribution in [-0.4, -0.2) is 66.2 Å². The van der Waals surface area contributed by atoms with Crippen LogP contribution in [0.3, 0.4) is 0 Å². The molecule has 4 rings (SSSR count). The van der Waals surface area contributed by atoms with E-state index in [9.17, 15) is 9.90 Å². The minimum absolute atomic E-state index is 0.0584. The topological polar surface area (TPSA) is 59.1 Å². The molecule has 5 nitrogen and oxygen atoms in total. The third-order valence-electron chi connectivity index (χ3n) is 8.04. The second-order valence-electron chi connectivity index (χ2n) is 10.1. The lowest BCUT2D eigenvalue weighted by molar-refractivity contribution is -0.956. The van der Waals surface area contributed by atoms with E-state index in [1.165, 1.54) is 51.5 Å². The van der Waals surface area contributed by atoms with Crippen molar-refractivity contribution < 1.29 is 23.9 Å². The van der Waals surface area contributed by atoms with E-state index in [0.29, 0.717) is 24.3 Å². The summed E-state index contributed by atoms with van der Waals surface area (Å²) >= 11 is 0. The highest BCUT2D eigenvalue weighted by Crippen LogP contribution is 2.53. The highest BCUT2D eigenvalue weighted by atomic mass is 16.6. The van der Waals surface area contributed by atoms with Gasteiger partial charge < -0.3 is 19.1 Å². The Morgan fingerprint density at radius 3 is 2.29 bits per heavy atom. The molecule has 1 N–H and O–H groups in total. The summed E-state index contributed by atoms with van der Waals surface area (Å²) in [6.07, 6.45) is 11.8. The predicted octanol–water partition coefficient (Wildman–Crippen LogP) is 4.18. The zero-order valence-electron chi connectivity index (χ0n) is 19.2. The minimum atomic E-state index is -0.597. The standard InChI is InChI=1S/C26H40NO4/c1-3-4-5-6-7-8-12-15-27(2)22-16-20(17-23(27)25-24(22)31-25)30-26(29)21(18-28)19-13-10-9-11-14-19/h9-11,13-14,20-25,28H,3-8,12,15-18H2,1-2H3/q+1/t20?,21?,22-,23-,24-,25+,27?/m0/s1. The lowest BCUT2D eigenvalue weighted by Crippen LogP contribution is -2.62. The Morgan fingerprint density at radius 1 is 1.06 bits per heavy atom. The zero-order chi connectivity index (χ0) is 21.8. The van der Waals surface area contributed by atoms with Crippen molar-refractivity contribution in [1.29, 1.82) is 0 Å². The number of epoxide rings is 1. The van der Waals surface area contributed by atoms with Crippen LogP contribution in [0.1, 0.15) is 76.2 Å². The molecule has 0 saturated carbocycles. The molecule has 3 aliphatic heterocycles. The monoisotopic (exact) mass is 430 g/mol. The lowest BCUT2D eigenvalue weighted by Gasteiger charge is -2.48. The van der Waals surface area contributed by atoms with E-state index < -0.39 is 5.92 Å². The number of aliphatic hydroxyl groups is 1. The average molecular weight is 431 g/mol. The number of aliphatic hydroxyl groups excluding tert-OH is 1. The number of esters is 1. The molecule has 0 radical (unpaired) electrons. The highest BCUT2D eigenvalue weighted by molar-refractivity contribution is 5.78. The molecule has 3 aliphatic rings. The van der Waals surface area contributed by atoms with Crippen LogP contribution in [0.4, 0.5) is 0 Å². The van der Waals surface area contributed by atoms with Crippen molar-refractivity contribution >= 4 is 5.97 Å². The quantitative estimate of drug-likeness (QED) is 0.234. The molecule has 0 aromatic heterocycles. The van der Waals surface area contributed by atoms with Crippen molar-refractivity contribution in [3.63, 3.8) is 0 Å². The first-order chi connectivity index (χ1) is 15.1. The Hall–Kier alpha value is -1.43. The SMILES string of the molecule is CCCCCCCCC[N+]1(C)[C@H]2CC(OC(=O)C(CO)c3ccccc3)C[C@H]1[C@H]1O[C@H]12. The molecule has 2 bridgehead atoms. The van der Waals surface area contributed by atoms with Crippen molar-refractivity contribution in [2.45, 2.75) is 101 Å². The maximum atomic E-state index is 12.8. The maximum Gasteiger partial charge on any atom is 0.316 e. The van der Waals surface area contributed by atoms with Crippen molar-refractivity contribution in [3.8, 4) is 0 Å². The number of benzene rings is 1. The largest absolute Gasteiger partial charge is 0.461 e. The maximum absolute atomic E-state index is 12.8. The number of quaternary nitrogens is 1. The van der Waals surface area contributed by atoms with Gasteiger partial charge in [-0.2, -0.15) is 0 Å². The molecule has 7 atom stereocenters. The van der Waals surface area contributed by atoms with Gasteiger partial charge >= 0.3 is 5.97 Å². The van der Waals surface area contributed by atoms with E-state index in [4.69, 9.17) is 9.47 Å². The summed E-state index contributed by atoms with van der Waals surface area (Å²) in [6.45, 7) is 3.26. The number of carbonyl (C=O) groups excluding carboxylic acids is 1.